The van der Waals surface area contributed by atoms with Crippen molar-refractivity contribution < 1.29 is 9.90 Å². The van der Waals surface area contributed by atoms with Crippen molar-refractivity contribution in [1.29, 1.82) is 0 Å². The van der Waals surface area contributed by atoms with Crippen LogP contribution in [-0.4, -0.2) is 54.0 Å². The van der Waals surface area contributed by atoms with Gasteiger partial charge in [0.05, 0.1) is 6.10 Å². The number of aliphatic hydroxyl groups is 1. The zero-order chi connectivity index (χ0) is 12.1. The Kier molecular flexibility index (Phi) is 4.53. The van der Waals surface area contributed by atoms with Crippen LogP contribution < -0.4 is 0 Å². The molecule has 0 radical (unpaired) electrons. The van der Waals surface area contributed by atoms with Crippen molar-refractivity contribution in [3.63, 3.8) is 0 Å². The van der Waals surface area contributed by atoms with Gasteiger partial charge in [0.1, 0.15) is 0 Å². The number of thiophene rings is 1. The number of aliphatic hydroxyl groups excluding tert-OH is 1. The van der Waals surface area contributed by atoms with Gasteiger partial charge in [-0.25, -0.2) is 0 Å². The summed E-state index contributed by atoms with van der Waals surface area (Å²) < 4.78 is 0. The van der Waals surface area contributed by atoms with Gasteiger partial charge in [-0.2, -0.15) is 0 Å². The molecule has 1 aromatic heterocycles. The fraction of sp³-hybridized carbons (Fsp3) is 0.583. The first-order valence-electron chi connectivity index (χ1n) is 5.93. The Morgan fingerprint density at radius 3 is 2.76 bits per heavy atom. The lowest BCUT2D eigenvalue weighted by atomic mass is 10.2. The molecule has 2 heterocycles. The standard InChI is InChI=1S/C12H18N2O2S/c15-10-14-7-5-13(6-8-14)4-3-11(16)12-2-1-9-17-12/h1-2,9-11,16H,3-8H2. The molecule has 0 bridgehead atoms. The topological polar surface area (TPSA) is 43.8 Å². The monoisotopic (exact) mass is 254 g/mol. The first-order valence-corrected chi connectivity index (χ1v) is 6.80. The molecule has 1 aromatic rings. The van der Waals surface area contributed by atoms with Crippen molar-refractivity contribution in [2.24, 2.45) is 0 Å². The van der Waals surface area contributed by atoms with E-state index in [9.17, 15) is 9.90 Å². The molecule has 1 fully saturated rings. The lowest BCUT2D eigenvalue weighted by Crippen LogP contribution is -2.46. The van der Waals surface area contributed by atoms with Crippen LogP contribution in [0.15, 0.2) is 17.5 Å². The number of nitrogens with zero attached hydrogens (tertiary/aromatic N) is 2. The van der Waals surface area contributed by atoms with Crippen LogP contribution in [0.1, 0.15) is 17.4 Å². The molecular formula is C12H18N2O2S. The normalized spacial score (nSPS) is 19.2. The molecule has 1 atom stereocenters. The molecule has 0 saturated carbocycles. The van der Waals surface area contributed by atoms with E-state index in [4.69, 9.17) is 0 Å². The second kappa shape index (κ2) is 6.14. The van der Waals surface area contributed by atoms with E-state index in [1.54, 1.807) is 16.2 Å². The molecule has 0 aromatic carbocycles. The van der Waals surface area contributed by atoms with Crippen LogP contribution in [-0.2, 0) is 4.79 Å². The lowest BCUT2D eigenvalue weighted by Gasteiger charge is -2.32. The minimum Gasteiger partial charge on any atom is -0.388 e. The third-order valence-corrected chi connectivity index (χ3v) is 4.12. The van der Waals surface area contributed by atoms with Crippen LogP contribution in [0, 0.1) is 0 Å². The van der Waals surface area contributed by atoms with Gasteiger partial charge in [-0.3, -0.25) is 9.69 Å². The van der Waals surface area contributed by atoms with E-state index in [0.29, 0.717) is 0 Å². The van der Waals surface area contributed by atoms with E-state index in [1.165, 1.54) is 0 Å². The second-order valence-electron chi connectivity index (χ2n) is 4.30. The smallest absolute Gasteiger partial charge is 0.209 e. The van der Waals surface area contributed by atoms with E-state index < -0.39 is 0 Å². The summed E-state index contributed by atoms with van der Waals surface area (Å²) in [7, 11) is 0. The van der Waals surface area contributed by atoms with E-state index in [2.05, 4.69) is 4.90 Å². The van der Waals surface area contributed by atoms with Crippen LogP contribution in [0.25, 0.3) is 0 Å². The van der Waals surface area contributed by atoms with Crippen LogP contribution in [0.5, 0.6) is 0 Å². The van der Waals surface area contributed by atoms with Gasteiger partial charge in [0.2, 0.25) is 6.41 Å². The van der Waals surface area contributed by atoms with Gasteiger partial charge in [0.25, 0.3) is 0 Å². The molecule has 94 valence electrons. The Morgan fingerprint density at radius 1 is 1.41 bits per heavy atom. The van der Waals surface area contributed by atoms with Gasteiger partial charge < -0.3 is 10.0 Å². The minimum atomic E-state index is -0.348. The first kappa shape index (κ1) is 12.5. The SMILES string of the molecule is O=CN1CCN(CCC(O)c2cccs2)CC1. The van der Waals surface area contributed by atoms with Crippen molar-refractivity contribution in [3.8, 4) is 0 Å². The molecular weight excluding hydrogens is 236 g/mol. The van der Waals surface area contributed by atoms with Crippen LogP contribution in [0.4, 0.5) is 0 Å². The molecule has 17 heavy (non-hydrogen) atoms. The van der Waals surface area contributed by atoms with Crippen molar-refractivity contribution in [3.05, 3.63) is 22.4 Å². The Morgan fingerprint density at radius 2 is 2.18 bits per heavy atom. The molecule has 1 saturated heterocycles. The molecule has 2 rings (SSSR count). The van der Waals surface area contributed by atoms with Crippen LogP contribution >= 0.6 is 11.3 Å². The Balaban J connectivity index is 1.70. The highest BCUT2D eigenvalue weighted by molar-refractivity contribution is 7.10. The average Bonchev–Trinajstić information content (AvgIpc) is 2.90. The van der Waals surface area contributed by atoms with Crippen molar-refractivity contribution in [2.75, 3.05) is 32.7 Å². The van der Waals surface area contributed by atoms with Gasteiger partial charge in [0.15, 0.2) is 0 Å². The number of amides is 1. The summed E-state index contributed by atoms with van der Waals surface area (Å²) in [6.07, 6.45) is 1.33. The molecule has 1 amide bonds. The Labute approximate surface area is 105 Å². The van der Waals surface area contributed by atoms with Gasteiger partial charge in [-0.15, -0.1) is 11.3 Å². The van der Waals surface area contributed by atoms with E-state index >= 15 is 0 Å². The van der Waals surface area contributed by atoms with Crippen LogP contribution in [0.3, 0.4) is 0 Å². The summed E-state index contributed by atoms with van der Waals surface area (Å²) in [5.74, 6) is 0. The van der Waals surface area contributed by atoms with Crippen molar-refractivity contribution >= 4 is 17.7 Å². The number of carbonyl (C=O) groups excluding carboxylic acids is 1. The second-order valence-corrected chi connectivity index (χ2v) is 5.28. The molecule has 1 aliphatic rings. The van der Waals surface area contributed by atoms with E-state index in [1.807, 2.05) is 17.5 Å². The first-order chi connectivity index (χ1) is 8.29. The zero-order valence-corrected chi connectivity index (χ0v) is 10.6. The fourth-order valence-corrected chi connectivity index (χ4v) is 2.77. The number of piperazine rings is 1. The lowest BCUT2D eigenvalue weighted by molar-refractivity contribution is -0.119. The summed E-state index contributed by atoms with van der Waals surface area (Å²) in [6, 6.07) is 3.94. The third-order valence-electron chi connectivity index (χ3n) is 3.15. The predicted molar refractivity (Wildman–Crippen MR) is 68.0 cm³/mol. The van der Waals surface area contributed by atoms with Gasteiger partial charge >= 0.3 is 0 Å². The summed E-state index contributed by atoms with van der Waals surface area (Å²) in [5.41, 5.74) is 0. The summed E-state index contributed by atoms with van der Waals surface area (Å²) >= 11 is 1.60. The summed E-state index contributed by atoms with van der Waals surface area (Å²) in [4.78, 5) is 15.7. The van der Waals surface area contributed by atoms with Crippen LogP contribution in [0.2, 0.25) is 0 Å². The van der Waals surface area contributed by atoms with E-state index in [0.717, 1.165) is 50.4 Å². The highest BCUT2D eigenvalue weighted by atomic mass is 32.1. The number of hydrogen-bond donors (Lipinski definition) is 1. The molecule has 1 N–H and O–H groups in total. The molecule has 1 aliphatic heterocycles. The quantitative estimate of drug-likeness (QED) is 0.796. The van der Waals surface area contributed by atoms with Gasteiger partial charge in [0, 0.05) is 37.6 Å². The highest BCUT2D eigenvalue weighted by Crippen LogP contribution is 2.21. The maximum atomic E-state index is 10.6. The maximum absolute atomic E-state index is 10.6. The Bertz CT molecular complexity index is 334. The molecule has 5 heteroatoms. The van der Waals surface area contributed by atoms with Gasteiger partial charge in [-0.05, 0) is 17.9 Å². The Hall–Kier alpha value is -0.910. The van der Waals surface area contributed by atoms with E-state index in [-0.39, 0.29) is 6.10 Å². The average molecular weight is 254 g/mol. The number of hydrogen-bond acceptors (Lipinski definition) is 4. The number of carbonyl (C=O) groups is 1. The minimum absolute atomic E-state index is 0.348. The number of rotatable bonds is 5. The largest absolute Gasteiger partial charge is 0.388 e. The maximum Gasteiger partial charge on any atom is 0.209 e. The molecule has 4 nitrogen and oxygen atoms in total. The van der Waals surface area contributed by atoms with Crippen molar-refractivity contribution in [2.45, 2.75) is 12.5 Å². The summed E-state index contributed by atoms with van der Waals surface area (Å²) in [6.45, 7) is 4.33. The third kappa shape index (κ3) is 3.52. The molecule has 0 aliphatic carbocycles. The molecule has 1 unspecified atom stereocenters. The van der Waals surface area contributed by atoms with Crippen molar-refractivity contribution in [1.82, 2.24) is 9.80 Å². The molecule has 0 spiro atoms. The predicted octanol–water partition coefficient (Wildman–Crippen LogP) is 0.946. The van der Waals surface area contributed by atoms with Gasteiger partial charge in [-0.1, -0.05) is 6.07 Å². The fourth-order valence-electron chi connectivity index (χ4n) is 2.02. The zero-order valence-electron chi connectivity index (χ0n) is 9.79. The summed E-state index contributed by atoms with van der Waals surface area (Å²) in [5, 5.41) is 11.9. The highest BCUT2D eigenvalue weighted by Gasteiger charge is 2.16.